The largest absolute Gasteiger partial charge is 0.495 e. The molecule has 0 radical (unpaired) electrons. The molecule has 1 amide bonds. The van der Waals surface area contributed by atoms with E-state index in [4.69, 9.17) is 22.1 Å². The number of amides is 1. The van der Waals surface area contributed by atoms with Gasteiger partial charge in [0.1, 0.15) is 11.8 Å². The molecule has 1 aliphatic heterocycles. The Morgan fingerprint density at radius 3 is 2.75 bits per heavy atom. The van der Waals surface area contributed by atoms with Crippen molar-refractivity contribution < 1.29 is 9.53 Å². The molecular weight excluding hydrogens is 228 g/mol. The molecular formula is C11H13ClN2O2. The highest BCUT2D eigenvalue weighted by atomic mass is 35.5. The van der Waals surface area contributed by atoms with Gasteiger partial charge in [-0.1, -0.05) is 11.6 Å². The summed E-state index contributed by atoms with van der Waals surface area (Å²) in [5.41, 5.74) is 7.19. The van der Waals surface area contributed by atoms with Crippen LogP contribution in [0.15, 0.2) is 12.1 Å². The van der Waals surface area contributed by atoms with E-state index in [1.807, 2.05) is 13.0 Å². The zero-order valence-electron chi connectivity index (χ0n) is 9.16. The van der Waals surface area contributed by atoms with Crippen LogP contribution in [-0.2, 0) is 4.79 Å². The fourth-order valence-electron chi connectivity index (χ4n) is 1.69. The smallest absolute Gasteiger partial charge is 0.245 e. The van der Waals surface area contributed by atoms with E-state index in [0.717, 1.165) is 11.3 Å². The lowest BCUT2D eigenvalue weighted by Crippen LogP contribution is -2.61. The molecule has 1 aromatic rings. The van der Waals surface area contributed by atoms with Crippen molar-refractivity contribution in [1.82, 2.24) is 0 Å². The number of benzene rings is 1. The molecule has 1 fully saturated rings. The number of hydrogen-bond acceptors (Lipinski definition) is 3. The maximum absolute atomic E-state index is 11.5. The summed E-state index contributed by atoms with van der Waals surface area (Å²) in [6.45, 7) is 2.41. The fraction of sp³-hybridized carbons (Fsp3) is 0.364. The topological polar surface area (TPSA) is 55.6 Å². The molecule has 0 aromatic heterocycles. The third-order valence-corrected chi connectivity index (χ3v) is 3.12. The molecule has 2 rings (SSSR count). The van der Waals surface area contributed by atoms with E-state index in [0.29, 0.717) is 17.3 Å². The number of carbonyl (C=O) groups excluding carboxylic acids is 1. The second kappa shape index (κ2) is 3.96. The number of aryl methyl sites for hydroxylation is 1. The second-order valence-electron chi connectivity index (χ2n) is 3.83. The highest BCUT2D eigenvalue weighted by molar-refractivity contribution is 6.31. The van der Waals surface area contributed by atoms with Gasteiger partial charge in [-0.25, -0.2) is 0 Å². The van der Waals surface area contributed by atoms with Gasteiger partial charge in [0, 0.05) is 11.1 Å². The summed E-state index contributed by atoms with van der Waals surface area (Å²) in [6, 6.07) is 3.16. The Morgan fingerprint density at radius 2 is 2.25 bits per heavy atom. The Kier molecular flexibility index (Phi) is 2.78. The first kappa shape index (κ1) is 11.2. The lowest BCUT2D eigenvalue weighted by atomic mass is 10.1. The van der Waals surface area contributed by atoms with Crippen LogP contribution in [0.1, 0.15) is 5.56 Å². The maximum atomic E-state index is 11.5. The third-order valence-electron chi connectivity index (χ3n) is 2.71. The molecule has 5 heteroatoms. The average molecular weight is 241 g/mol. The summed E-state index contributed by atoms with van der Waals surface area (Å²) in [6.07, 6.45) is 0. The summed E-state index contributed by atoms with van der Waals surface area (Å²) in [4.78, 5) is 13.1. The van der Waals surface area contributed by atoms with Crippen LogP contribution in [0.4, 0.5) is 5.69 Å². The van der Waals surface area contributed by atoms with Crippen LogP contribution in [0.3, 0.4) is 0 Å². The quantitative estimate of drug-likeness (QED) is 0.794. The van der Waals surface area contributed by atoms with E-state index in [2.05, 4.69) is 0 Å². The number of ether oxygens (including phenoxy) is 1. The van der Waals surface area contributed by atoms with Gasteiger partial charge in [-0.2, -0.15) is 0 Å². The minimum Gasteiger partial charge on any atom is -0.495 e. The monoisotopic (exact) mass is 240 g/mol. The van der Waals surface area contributed by atoms with Gasteiger partial charge in [-0.05, 0) is 18.6 Å². The number of β-lactam (4-membered cyclic amide) rings is 1. The van der Waals surface area contributed by atoms with Crippen LogP contribution < -0.4 is 15.4 Å². The molecule has 1 saturated heterocycles. The zero-order chi connectivity index (χ0) is 11.9. The van der Waals surface area contributed by atoms with Gasteiger partial charge in [0.15, 0.2) is 0 Å². The number of carbonyl (C=O) groups is 1. The lowest BCUT2D eigenvalue weighted by molar-refractivity contribution is -0.123. The van der Waals surface area contributed by atoms with Crippen molar-refractivity contribution in [2.75, 3.05) is 18.6 Å². The number of halogens is 1. The van der Waals surface area contributed by atoms with Crippen LogP contribution in [-0.4, -0.2) is 25.6 Å². The normalized spacial score (nSPS) is 19.6. The van der Waals surface area contributed by atoms with Crippen LogP contribution in [0.2, 0.25) is 5.02 Å². The second-order valence-corrected chi connectivity index (χ2v) is 4.24. The Bertz CT molecular complexity index is 448. The number of anilines is 1. The van der Waals surface area contributed by atoms with E-state index in [1.165, 1.54) is 0 Å². The minimum atomic E-state index is -0.388. The molecule has 0 aliphatic carbocycles. The van der Waals surface area contributed by atoms with Crippen LogP contribution >= 0.6 is 11.6 Å². The van der Waals surface area contributed by atoms with E-state index >= 15 is 0 Å². The minimum absolute atomic E-state index is 0.0833. The van der Waals surface area contributed by atoms with Gasteiger partial charge in [-0.3, -0.25) is 4.79 Å². The van der Waals surface area contributed by atoms with Gasteiger partial charge in [0.05, 0.1) is 19.3 Å². The van der Waals surface area contributed by atoms with Crippen molar-refractivity contribution in [1.29, 1.82) is 0 Å². The van der Waals surface area contributed by atoms with E-state index in [1.54, 1.807) is 18.1 Å². The van der Waals surface area contributed by atoms with Crippen molar-refractivity contribution in [3.8, 4) is 5.75 Å². The van der Waals surface area contributed by atoms with Crippen molar-refractivity contribution in [3.63, 3.8) is 0 Å². The van der Waals surface area contributed by atoms with E-state index < -0.39 is 0 Å². The highest BCUT2D eigenvalue weighted by Crippen LogP contribution is 2.36. The molecule has 1 heterocycles. The SMILES string of the molecule is COc1cc(Cl)c(C)cc1N1CC(N)C1=O. The Morgan fingerprint density at radius 1 is 1.56 bits per heavy atom. The molecule has 86 valence electrons. The number of hydrogen-bond donors (Lipinski definition) is 1. The number of nitrogens with zero attached hydrogens (tertiary/aromatic N) is 1. The molecule has 1 aliphatic rings. The standard InChI is InChI=1S/C11H13ClN2O2/c1-6-3-9(10(16-2)4-7(6)12)14-5-8(13)11(14)15/h3-4,8H,5,13H2,1-2H3. The average Bonchev–Trinajstić information content (AvgIpc) is 2.28. The van der Waals surface area contributed by atoms with Gasteiger partial charge < -0.3 is 15.4 Å². The van der Waals surface area contributed by atoms with Crippen LogP contribution in [0.25, 0.3) is 0 Å². The molecule has 0 saturated carbocycles. The number of nitrogens with two attached hydrogens (primary N) is 1. The molecule has 1 unspecified atom stereocenters. The first-order valence-corrected chi connectivity index (χ1v) is 5.33. The fourth-order valence-corrected chi connectivity index (χ4v) is 1.85. The van der Waals surface area contributed by atoms with Gasteiger partial charge in [0.25, 0.3) is 0 Å². The van der Waals surface area contributed by atoms with E-state index in [9.17, 15) is 4.79 Å². The van der Waals surface area contributed by atoms with Crippen molar-refractivity contribution in [2.45, 2.75) is 13.0 Å². The van der Waals surface area contributed by atoms with Crippen molar-refractivity contribution in [3.05, 3.63) is 22.7 Å². The van der Waals surface area contributed by atoms with Crippen LogP contribution in [0.5, 0.6) is 5.75 Å². The van der Waals surface area contributed by atoms with Crippen molar-refractivity contribution >= 4 is 23.2 Å². The summed E-state index contributed by atoms with van der Waals surface area (Å²) >= 11 is 5.99. The first-order chi connectivity index (χ1) is 7.54. The molecule has 1 atom stereocenters. The molecule has 0 bridgehead atoms. The summed E-state index contributed by atoms with van der Waals surface area (Å²) in [5, 5.41) is 0.623. The third kappa shape index (κ3) is 1.64. The predicted octanol–water partition coefficient (Wildman–Crippen LogP) is 1.33. The summed E-state index contributed by atoms with van der Waals surface area (Å²) in [5.74, 6) is 0.510. The van der Waals surface area contributed by atoms with Crippen molar-refractivity contribution in [2.24, 2.45) is 5.73 Å². The molecule has 0 spiro atoms. The molecule has 4 nitrogen and oxygen atoms in total. The maximum Gasteiger partial charge on any atom is 0.245 e. The Balaban J connectivity index is 2.40. The first-order valence-electron chi connectivity index (χ1n) is 4.95. The van der Waals surface area contributed by atoms with Gasteiger partial charge >= 0.3 is 0 Å². The Hall–Kier alpha value is -1.26. The lowest BCUT2D eigenvalue weighted by Gasteiger charge is -2.37. The number of rotatable bonds is 2. The summed E-state index contributed by atoms with van der Waals surface area (Å²) in [7, 11) is 1.55. The Labute approximate surface area is 98.9 Å². The highest BCUT2D eigenvalue weighted by Gasteiger charge is 2.36. The zero-order valence-corrected chi connectivity index (χ0v) is 9.91. The molecule has 1 aromatic carbocycles. The van der Waals surface area contributed by atoms with Crippen LogP contribution in [0, 0.1) is 6.92 Å². The molecule has 16 heavy (non-hydrogen) atoms. The van der Waals surface area contributed by atoms with E-state index in [-0.39, 0.29) is 11.9 Å². The summed E-state index contributed by atoms with van der Waals surface area (Å²) < 4.78 is 5.20. The molecule has 2 N–H and O–H groups in total. The van der Waals surface area contributed by atoms with Gasteiger partial charge in [0.2, 0.25) is 5.91 Å². The predicted molar refractivity (Wildman–Crippen MR) is 63.1 cm³/mol. The van der Waals surface area contributed by atoms with Gasteiger partial charge in [-0.15, -0.1) is 0 Å². The number of methoxy groups -OCH3 is 1.